The molecule has 156 valence electrons. The average Bonchev–Trinajstić information content (AvgIpc) is 3.35. The highest BCUT2D eigenvalue weighted by atomic mass is 35.5. The van der Waals surface area contributed by atoms with Crippen LogP contribution in [0.15, 0.2) is 55.1 Å². The Kier molecular flexibility index (Phi) is 7.13. The lowest BCUT2D eigenvalue weighted by Crippen LogP contribution is -2.32. The summed E-state index contributed by atoms with van der Waals surface area (Å²) in [4.78, 5) is 24.0. The van der Waals surface area contributed by atoms with E-state index in [0.717, 1.165) is 34.3 Å². The number of rotatable bonds is 6. The minimum atomic E-state index is -0.0431. The zero-order valence-electron chi connectivity index (χ0n) is 16.7. The molecule has 2 aromatic carbocycles. The van der Waals surface area contributed by atoms with Crippen molar-refractivity contribution in [2.45, 2.75) is 26.8 Å². The number of aryl methyl sites for hydroxylation is 3. The van der Waals surface area contributed by atoms with Crippen LogP contribution in [-0.2, 0) is 6.54 Å². The molecule has 0 atom stereocenters. The Labute approximate surface area is 190 Å². The number of hydrogen-bond donors (Lipinski definition) is 0. The van der Waals surface area contributed by atoms with Crippen molar-refractivity contribution in [1.29, 1.82) is 0 Å². The van der Waals surface area contributed by atoms with E-state index in [1.165, 1.54) is 11.3 Å². The number of fused-ring (bicyclic) bond motifs is 1. The molecule has 0 N–H and O–H groups in total. The summed E-state index contributed by atoms with van der Waals surface area (Å²) in [6.07, 6.45) is 6.27. The Morgan fingerprint density at radius 1 is 1.20 bits per heavy atom. The van der Waals surface area contributed by atoms with E-state index in [-0.39, 0.29) is 18.3 Å². The highest BCUT2D eigenvalue weighted by molar-refractivity contribution is 7.22. The molecule has 0 aliphatic heterocycles. The zero-order chi connectivity index (χ0) is 20.4. The second kappa shape index (κ2) is 9.60. The number of halogens is 2. The number of nitrogens with zero attached hydrogens (tertiary/aromatic N) is 4. The minimum absolute atomic E-state index is 0. The van der Waals surface area contributed by atoms with Crippen LogP contribution in [0.3, 0.4) is 0 Å². The second-order valence-corrected chi connectivity index (χ2v) is 8.49. The summed E-state index contributed by atoms with van der Waals surface area (Å²) < 4.78 is 3.00. The fraction of sp³-hybridized carbons (Fsp3) is 0.227. The number of thiazole rings is 1. The van der Waals surface area contributed by atoms with Crippen molar-refractivity contribution in [1.82, 2.24) is 14.5 Å². The quantitative estimate of drug-likeness (QED) is 0.358. The van der Waals surface area contributed by atoms with Crippen LogP contribution in [0.4, 0.5) is 5.13 Å². The summed E-state index contributed by atoms with van der Waals surface area (Å²) in [6.45, 7) is 5.35. The maximum atomic E-state index is 13.3. The second-order valence-electron chi connectivity index (χ2n) is 7.04. The molecule has 0 saturated carbocycles. The van der Waals surface area contributed by atoms with E-state index in [2.05, 4.69) is 4.98 Å². The van der Waals surface area contributed by atoms with Crippen LogP contribution >= 0.6 is 35.3 Å². The number of benzene rings is 2. The lowest BCUT2D eigenvalue weighted by Gasteiger charge is -2.20. The van der Waals surface area contributed by atoms with Gasteiger partial charge in [0.15, 0.2) is 5.13 Å². The van der Waals surface area contributed by atoms with E-state index in [0.29, 0.717) is 22.3 Å². The number of amides is 1. The molecule has 8 heteroatoms. The number of hydrogen-bond acceptors (Lipinski definition) is 4. The van der Waals surface area contributed by atoms with Gasteiger partial charge < -0.3 is 4.57 Å². The molecule has 0 bridgehead atoms. The Morgan fingerprint density at radius 2 is 1.97 bits per heavy atom. The van der Waals surface area contributed by atoms with E-state index >= 15 is 0 Å². The highest BCUT2D eigenvalue weighted by Crippen LogP contribution is 2.33. The van der Waals surface area contributed by atoms with Crippen molar-refractivity contribution >= 4 is 56.6 Å². The molecular weight excluding hydrogens is 439 g/mol. The molecule has 4 aromatic rings. The van der Waals surface area contributed by atoms with Crippen molar-refractivity contribution < 1.29 is 4.79 Å². The molecule has 0 aliphatic carbocycles. The minimum Gasteiger partial charge on any atom is -0.337 e. The number of carbonyl (C=O) groups is 1. The summed E-state index contributed by atoms with van der Waals surface area (Å²) >= 11 is 7.71. The summed E-state index contributed by atoms with van der Waals surface area (Å²) in [7, 11) is 0. The molecule has 1 amide bonds. The molecule has 4 rings (SSSR count). The summed E-state index contributed by atoms with van der Waals surface area (Å²) in [5.74, 6) is -0.0431. The van der Waals surface area contributed by atoms with Gasteiger partial charge in [0, 0.05) is 36.1 Å². The molecule has 2 aromatic heterocycles. The number of anilines is 1. The first-order chi connectivity index (χ1) is 14.0. The lowest BCUT2D eigenvalue weighted by atomic mass is 10.1. The van der Waals surface area contributed by atoms with Crippen LogP contribution < -0.4 is 4.90 Å². The Morgan fingerprint density at radius 3 is 2.67 bits per heavy atom. The predicted octanol–water partition coefficient (Wildman–Crippen LogP) is 5.92. The lowest BCUT2D eigenvalue weighted by molar-refractivity contribution is 0.0986. The average molecular weight is 461 g/mol. The van der Waals surface area contributed by atoms with Crippen molar-refractivity contribution in [2.24, 2.45) is 0 Å². The van der Waals surface area contributed by atoms with Gasteiger partial charge in [-0.05, 0) is 50.1 Å². The molecule has 0 fully saturated rings. The highest BCUT2D eigenvalue weighted by Gasteiger charge is 2.21. The van der Waals surface area contributed by atoms with Crippen LogP contribution in [0.25, 0.3) is 10.2 Å². The Hall–Kier alpha value is -2.41. The summed E-state index contributed by atoms with van der Waals surface area (Å²) in [5.41, 5.74) is 3.69. The van der Waals surface area contributed by atoms with E-state index in [1.54, 1.807) is 17.4 Å². The fourth-order valence-electron chi connectivity index (χ4n) is 3.22. The van der Waals surface area contributed by atoms with Crippen molar-refractivity contribution in [2.75, 3.05) is 11.4 Å². The van der Waals surface area contributed by atoms with Gasteiger partial charge in [-0.3, -0.25) is 9.69 Å². The van der Waals surface area contributed by atoms with Crippen LogP contribution in [0.5, 0.6) is 0 Å². The van der Waals surface area contributed by atoms with E-state index in [1.807, 2.05) is 61.0 Å². The van der Waals surface area contributed by atoms with E-state index in [4.69, 9.17) is 16.6 Å². The van der Waals surface area contributed by atoms with Crippen LogP contribution in [0.2, 0.25) is 5.02 Å². The van der Waals surface area contributed by atoms with Crippen molar-refractivity contribution in [3.8, 4) is 0 Å². The zero-order valence-corrected chi connectivity index (χ0v) is 19.1. The largest absolute Gasteiger partial charge is 0.337 e. The van der Waals surface area contributed by atoms with Crippen LogP contribution in [-0.4, -0.2) is 27.0 Å². The smallest absolute Gasteiger partial charge is 0.260 e. The topological polar surface area (TPSA) is 51.0 Å². The molecule has 2 heterocycles. The van der Waals surface area contributed by atoms with Crippen LogP contribution in [0.1, 0.15) is 27.9 Å². The first-order valence-corrected chi connectivity index (χ1v) is 10.6. The molecule has 0 saturated heterocycles. The Balaban J connectivity index is 0.00000256. The van der Waals surface area contributed by atoms with Gasteiger partial charge >= 0.3 is 0 Å². The third-order valence-electron chi connectivity index (χ3n) is 4.77. The van der Waals surface area contributed by atoms with Gasteiger partial charge in [-0.2, -0.15) is 0 Å². The van der Waals surface area contributed by atoms with Gasteiger partial charge in [0.1, 0.15) is 0 Å². The molecule has 30 heavy (non-hydrogen) atoms. The number of carbonyl (C=O) groups excluding carboxylic acids is 1. The van der Waals surface area contributed by atoms with Gasteiger partial charge in [-0.25, -0.2) is 9.97 Å². The molecule has 5 nitrogen and oxygen atoms in total. The van der Waals surface area contributed by atoms with Crippen molar-refractivity contribution in [3.63, 3.8) is 0 Å². The number of aromatic nitrogens is 3. The predicted molar refractivity (Wildman–Crippen MR) is 126 cm³/mol. The molecule has 0 aliphatic rings. The standard InChI is InChI=1S/C22H21ClN4OS.ClH/c1-15-4-6-17(7-5-15)21(28)27(10-3-9-26-11-8-24-14-26)22-25-20-16(2)12-18(23)13-19(20)29-22;/h4-8,11-14H,3,9-10H2,1-2H3;1H. The normalized spacial score (nSPS) is 10.8. The fourth-order valence-corrected chi connectivity index (χ4v) is 4.67. The van der Waals surface area contributed by atoms with Gasteiger partial charge in [0.25, 0.3) is 5.91 Å². The maximum Gasteiger partial charge on any atom is 0.260 e. The molecule has 0 spiro atoms. The van der Waals surface area contributed by atoms with Gasteiger partial charge in [0.05, 0.1) is 16.5 Å². The molecule has 0 unspecified atom stereocenters. The van der Waals surface area contributed by atoms with Gasteiger partial charge in [0.2, 0.25) is 0 Å². The SMILES string of the molecule is Cc1ccc(C(=O)N(CCCn2ccnc2)c2nc3c(C)cc(Cl)cc3s2)cc1.Cl. The summed E-state index contributed by atoms with van der Waals surface area (Å²) in [5, 5.41) is 1.38. The summed E-state index contributed by atoms with van der Waals surface area (Å²) in [6, 6.07) is 11.5. The first-order valence-electron chi connectivity index (χ1n) is 9.42. The third kappa shape index (κ3) is 4.83. The van der Waals surface area contributed by atoms with Gasteiger partial charge in [-0.15, -0.1) is 12.4 Å². The first kappa shape index (κ1) is 22.3. The van der Waals surface area contributed by atoms with E-state index in [9.17, 15) is 4.79 Å². The number of imidazole rings is 1. The molecular formula is C22H22Cl2N4OS. The maximum absolute atomic E-state index is 13.3. The van der Waals surface area contributed by atoms with E-state index < -0.39 is 0 Å². The Bertz CT molecular complexity index is 1140. The monoisotopic (exact) mass is 460 g/mol. The molecule has 0 radical (unpaired) electrons. The van der Waals surface area contributed by atoms with Crippen molar-refractivity contribution in [3.05, 3.63) is 76.8 Å². The van der Waals surface area contributed by atoms with Crippen LogP contribution in [0, 0.1) is 13.8 Å². The third-order valence-corrected chi connectivity index (χ3v) is 6.01. The van der Waals surface area contributed by atoms with Gasteiger partial charge in [-0.1, -0.05) is 40.6 Å².